The molecule has 1 aliphatic heterocycles. The van der Waals surface area contributed by atoms with Crippen LogP contribution >= 0.6 is 54.8 Å². The van der Waals surface area contributed by atoms with Crippen molar-refractivity contribution in [3.05, 3.63) is 117 Å². The zero-order valence-electron chi connectivity index (χ0n) is 23.9. The van der Waals surface area contributed by atoms with Crippen LogP contribution in [0.25, 0.3) is 6.08 Å². The highest BCUT2D eigenvalue weighted by molar-refractivity contribution is 9.11. The number of rotatable bonds is 10. The smallest absolute Gasteiger partial charge is 0.337 e. The minimum atomic E-state index is -0.802. The van der Waals surface area contributed by atoms with Crippen LogP contribution in [0, 0.1) is 0 Å². The summed E-state index contributed by atoms with van der Waals surface area (Å²) in [4.78, 5) is 31.9. The maximum absolute atomic E-state index is 14.1. The van der Waals surface area contributed by atoms with Gasteiger partial charge in [-0.25, -0.2) is 9.79 Å². The Balaban J connectivity index is 1.63. The molecule has 0 saturated heterocycles. The topological polar surface area (TPSA) is 88.4 Å². The SMILES string of the molecule is CCOc1ccc([C@@H]2C(C(=O)OC)=CN=c3s/c(=C/c4cc(Br)cc(Br)c4OCc4cccc(Cl)c4)c(=O)n32)cc1OCC. The van der Waals surface area contributed by atoms with Gasteiger partial charge in [-0.2, -0.15) is 0 Å². The van der Waals surface area contributed by atoms with E-state index in [0.717, 1.165) is 10.0 Å². The predicted molar refractivity (Wildman–Crippen MR) is 178 cm³/mol. The third kappa shape index (κ3) is 6.81. The zero-order chi connectivity index (χ0) is 31.4. The summed E-state index contributed by atoms with van der Waals surface area (Å²) in [5, 5.41) is 0.615. The summed E-state index contributed by atoms with van der Waals surface area (Å²) in [7, 11) is 1.30. The first-order valence-electron chi connectivity index (χ1n) is 13.6. The number of benzene rings is 3. The Hall–Kier alpha value is -3.38. The summed E-state index contributed by atoms with van der Waals surface area (Å²) in [6, 6.07) is 15.7. The average Bonchev–Trinajstić information content (AvgIpc) is 3.31. The maximum atomic E-state index is 14.1. The van der Waals surface area contributed by atoms with E-state index in [4.69, 9.17) is 30.5 Å². The van der Waals surface area contributed by atoms with Crippen molar-refractivity contribution < 1.29 is 23.7 Å². The molecule has 8 nitrogen and oxygen atoms in total. The van der Waals surface area contributed by atoms with Crippen LogP contribution in [-0.2, 0) is 16.1 Å². The number of hydrogen-bond donors (Lipinski definition) is 0. The number of esters is 1. The fraction of sp³-hybridized carbons (Fsp3) is 0.219. The van der Waals surface area contributed by atoms with Gasteiger partial charge in [0, 0.05) is 21.3 Å². The fourth-order valence-electron chi connectivity index (χ4n) is 4.75. The lowest BCUT2D eigenvalue weighted by molar-refractivity contribution is -0.136. The van der Waals surface area contributed by atoms with Gasteiger partial charge < -0.3 is 18.9 Å². The normalized spacial score (nSPS) is 14.4. The summed E-state index contributed by atoms with van der Waals surface area (Å²) in [5.41, 5.74) is 2.11. The van der Waals surface area contributed by atoms with Gasteiger partial charge in [0.2, 0.25) is 0 Å². The quantitative estimate of drug-likeness (QED) is 0.170. The van der Waals surface area contributed by atoms with Crippen LogP contribution in [-0.4, -0.2) is 30.9 Å². The van der Waals surface area contributed by atoms with Gasteiger partial charge in [-0.05, 0) is 83.4 Å². The van der Waals surface area contributed by atoms with Crippen LogP contribution in [0.4, 0.5) is 0 Å². The summed E-state index contributed by atoms with van der Waals surface area (Å²) in [6.45, 7) is 4.90. The van der Waals surface area contributed by atoms with Gasteiger partial charge in [-0.1, -0.05) is 57.1 Å². The third-order valence-corrected chi connectivity index (χ3v) is 8.88. The molecule has 4 aromatic rings. The third-order valence-electron chi connectivity index (χ3n) is 6.60. The highest BCUT2D eigenvalue weighted by Crippen LogP contribution is 2.36. The number of hydrogen-bond acceptors (Lipinski definition) is 8. The second-order valence-electron chi connectivity index (χ2n) is 9.47. The number of ether oxygens (including phenoxy) is 4. The number of carbonyl (C=O) groups is 1. The van der Waals surface area contributed by atoms with E-state index in [1.165, 1.54) is 29.2 Å². The van der Waals surface area contributed by atoms with Gasteiger partial charge in [0.05, 0.1) is 40.9 Å². The van der Waals surface area contributed by atoms with Crippen LogP contribution in [0.2, 0.25) is 5.02 Å². The Bertz CT molecular complexity index is 1940. The number of aromatic nitrogens is 1. The summed E-state index contributed by atoms with van der Waals surface area (Å²) in [6.07, 6.45) is 3.22. The number of carbonyl (C=O) groups excluding carboxylic acids is 1. The monoisotopic (exact) mass is 760 g/mol. The van der Waals surface area contributed by atoms with Gasteiger partial charge in [-0.15, -0.1) is 0 Å². The molecular weight excluding hydrogens is 736 g/mol. The molecule has 0 aliphatic carbocycles. The Morgan fingerprint density at radius 2 is 1.82 bits per heavy atom. The highest BCUT2D eigenvalue weighted by atomic mass is 79.9. The molecule has 1 aliphatic rings. The molecule has 1 aromatic heterocycles. The van der Waals surface area contributed by atoms with Crippen molar-refractivity contribution in [1.82, 2.24) is 4.57 Å². The predicted octanol–water partition coefficient (Wildman–Crippen LogP) is 6.57. The largest absolute Gasteiger partial charge is 0.490 e. The second-order valence-corrected chi connectivity index (χ2v) is 12.7. The molecular formula is C32H27Br2ClN2O6S. The zero-order valence-corrected chi connectivity index (χ0v) is 28.7. The molecule has 5 rings (SSSR count). The van der Waals surface area contributed by atoms with E-state index in [9.17, 15) is 9.59 Å². The fourth-order valence-corrected chi connectivity index (χ4v) is 7.30. The molecule has 2 heterocycles. The van der Waals surface area contributed by atoms with Gasteiger partial charge in [0.15, 0.2) is 16.3 Å². The highest BCUT2D eigenvalue weighted by Gasteiger charge is 2.31. The molecule has 12 heteroatoms. The van der Waals surface area contributed by atoms with Gasteiger partial charge in [-0.3, -0.25) is 9.36 Å². The van der Waals surface area contributed by atoms with E-state index < -0.39 is 12.0 Å². The molecule has 0 amide bonds. The Morgan fingerprint density at radius 1 is 1.05 bits per heavy atom. The first kappa shape index (κ1) is 32.0. The summed E-state index contributed by atoms with van der Waals surface area (Å²) < 4.78 is 26.3. The molecule has 1 atom stereocenters. The molecule has 0 radical (unpaired) electrons. The number of nitrogens with zero attached hydrogens (tertiary/aromatic N) is 2. The molecule has 0 bridgehead atoms. The van der Waals surface area contributed by atoms with E-state index in [-0.39, 0.29) is 17.7 Å². The maximum Gasteiger partial charge on any atom is 0.337 e. The Kier molecular flexibility index (Phi) is 10.3. The van der Waals surface area contributed by atoms with E-state index in [2.05, 4.69) is 36.9 Å². The Morgan fingerprint density at radius 3 is 2.55 bits per heavy atom. The van der Waals surface area contributed by atoms with E-state index >= 15 is 0 Å². The van der Waals surface area contributed by atoms with E-state index in [1.807, 2.05) is 50.2 Å². The van der Waals surface area contributed by atoms with Gasteiger partial charge in [0.25, 0.3) is 5.56 Å². The van der Waals surface area contributed by atoms with Crippen molar-refractivity contribution in [2.45, 2.75) is 26.5 Å². The van der Waals surface area contributed by atoms with Crippen LogP contribution in [0.5, 0.6) is 17.2 Å². The van der Waals surface area contributed by atoms with Crippen molar-refractivity contribution >= 4 is 66.8 Å². The van der Waals surface area contributed by atoms with Crippen LogP contribution < -0.4 is 29.1 Å². The van der Waals surface area contributed by atoms with Crippen LogP contribution in [0.15, 0.2) is 85.1 Å². The molecule has 44 heavy (non-hydrogen) atoms. The molecule has 0 spiro atoms. The molecule has 228 valence electrons. The molecule has 0 saturated carbocycles. The standard InChI is InChI=1S/C32H27Br2ClN2O6S/c1-4-41-25-10-9-19(13-26(25)42-5-2)28-23(31(39)40-3)16-36-32-37(28)30(38)27(44-32)14-20-12-21(33)15-24(34)29(20)43-17-18-7-6-8-22(35)11-18/h6-16,28H,4-5,17H2,1-3H3/b27-14+/t28-/m1/s1. The van der Waals surface area contributed by atoms with Crippen molar-refractivity contribution in [1.29, 1.82) is 0 Å². The van der Waals surface area contributed by atoms with E-state index in [1.54, 1.807) is 24.3 Å². The minimum Gasteiger partial charge on any atom is -0.490 e. The van der Waals surface area contributed by atoms with Crippen molar-refractivity contribution in [2.24, 2.45) is 4.99 Å². The van der Waals surface area contributed by atoms with Crippen LogP contribution in [0.1, 0.15) is 36.6 Å². The van der Waals surface area contributed by atoms with Crippen LogP contribution in [0.3, 0.4) is 0 Å². The number of methoxy groups -OCH3 is 1. The molecule has 3 aromatic carbocycles. The average molecular weight is 763 g/mol. The molecule has 0 N–H and O–H groups in total. The van der Waals surface area contributed by atoms with Gasteiger partial charge in [0.1, 0.15) is 12.4 Å². The number of halogens is 3. The van der Waals surface area contributed by atoms with Crippen molar-refractivity contribution in [3.8, 4) is 17.2 Å². The van der Waals surface area contributed by atoms with E-state index in [0.29, 0.717) is 60.4 Å². The first-order valence-corrected chi connectivity index (χ1v) is 16.4. The van der Waals surface area contributed by atoms with Gasteiger partial charge >= 0.3 is 5.97 Å². The lowest BCUT2D eigenvalue weighted by Crippen LogP contribution is -2.39. The first-order chi connectivity index (χ1) is 21.2. The summed E-state index contributed by atoms with van der Waals surface area (Å²) >= 11 is 14.5. The lowest BCUT2D eigenvalue weighted by atomic mass is 9.97. The molecule has 0 unspecified atom stereocenters. The lowest BCUT2D eigenvalue weighted by Gasteiger charge is -2.23. The Labute approximate surface area is 279 Å². The number of thiazole rings is 1. The van der Waals surface area contributed by atoms with Crippen molar-refractivity contribution in [2.75, 3.05) is 20.3 Å². The minimum absolute atomic E-state index is 0.216. The second kappa shape index (κ2) is 14.2. The summed E-state index contributed by atoms with van der Waals surface area (Å²) in [5.74, 6) is 1.04. The van der Waals surface area contributed by atoms with Crippen molar-refractivity contribution in [3.63, 3.8) is 0 Å². The molecule has 0 fully saturated rings. The number of fused-ring (bicyclic) bond motifs is 1.